The first-order valence-corrected chi connectivity index (χ1v) is 6.95. The molecule has 2 N–H and O–H groups in total. The highest BCUT2D eigenvalue weighted by atomic mass is 16.4. The minimum absolute atomic E-state index is 0.167. The van der Waals surface area contributed by atoms with Crippen LogP contribution in [0.4, 0.5) is 0 Å². The zero-order valence-electron chi connectivity index (χ0n) is 12.4. The summed E-state index contributed by atoms with van der Waals surface area (Å²) in [4.78, 5) is 31.5. The summed E-state index contributed by atoms with van der Waals surface area (Å²) in [6, 6.07) is 2.23. The van der Waals surface area contributed by atoms with Crippen LogP contribution >= 0.6 is 0 Å². The van der Waals surface area contributed by atoms with Gasteiger partial charge in [0.1, 0.15) is 18.2 Å². The number of hydrogen-bond donors (Lipinski definition) is 2. The van der Waals surface area contributed by atoms with Gasteiger partial charge >= 0.3 is 5.97 Å². The molecule has 0 radical (unpaired) electrons. The summed E-state index contributed by atoms with van der Waals surface area (Å²) in [5.74, 6) is -0.760. The lowest BCUT2D eigenvalue weighted by Gasteiger charge is -2.16. The Morgan fingerprint density at radius 2 is 2.14 bits per heavy atom. The maximum Gasteiger partial charge on any atom is 0.326 e. The van der Waals surface area contributed by atoms with Crippen molar-refractivity contribution < 1.29 is 14.7 Å². The molecule has 0 aliphatic heterocycles. The number of carboxylic acids is 1. The normalized spacial score (nSPS) is 12.1. The molecular weight excluding hydrogens is 284 g/mol. The second kappa shape index (κ2) is 6.84. The number of aliphatic carboxylic acids is 1. The van der Waals surface area contributed by atoms with Crippen molar-refractivity contribution in [3.63, 3.8) is 0 Å². The van der Waals surface area contributed by atoms with E-state index in [2.05, 4.69) is 15.3 Å². The van der Waals surface area contributed by atoms with Gasteiger partial charge in [0, 0.05) is 24.2 Å². The topological polar surface area (TPSA) is 97.1 Å². The van der Waals surface area contributed by atoms with E-state index in [9.17, 15) is 14.7 Å². The van der Waals surface area contributed by atoms with Gasteiger partial charge in [0.25, 0.3) is 5.91 Å². The van der Waals surface area contributed by atoms with Gasteiger partial charge in [-0.3, -0.25) is 9.36 Å². The molecule has 1 amide bonds. The van der Waals surface area contributed by atoms with Crippen molar-refractivity contribution in [2.75, 3.05) is 0 Å². The van der Waals surface area contributed by atoms with Gasteiger partial charge in [-0.2, -0.15) is 0 Å². The predicted octanol–water partition coefficient (Wildman–Crippen LogP) is 1.50. The zero-order valence-corrected chi connectivity index (χ0v) is 12.4. The number of aromatic nitrogens is 3. The molecule has 0 saturated heterocycles. The van der Waals surface area contributed by atoms with Gasteiger partial charge in [-0.1, -0.05) is 13.8 Å². The molecule has 2 aromatic heterocycles. The Labute approximate surface area is 128 Å². The Bertz CT molecular complexity index is 653. The summed E-state index contributed by atoms with van der Waals surface area (Å²) in [5.41, 5.74) is 0.355. The largest absolute Gasteiger partial charge is 0.480 e. The van der Waals surface area contributed by atoms with Crippen molar-refractivity contribution in [1.29, 1.82) is 0 Å². The number of nitrogens with one attached hydrogen (secondary N) is 1. The minimum atomic E-state index is -1.04. The molecule has 0 aliphatic rings. The first-order chi connectivity index (χ1) is 10.5. The Morgan fingerprint density at radius 1 is 1.36 bits per heavy atom. The second-order valence-corrected chi connectivity index (χ2v) is 5.37. The van der Waals surface area contributed by atoms with Crippen LogP contribution in [0.1, 0.15) is 30.6 Å². The lowest BCUT2D eigenvalue weighted by molar-refractivity contribution is -0.139. The van der Waals surface area contributed by atoms with E-state index in [-0.39, 0.29) is 5.92 Å². The van der Waals surface area contributed by atoms with Crippen molar-refractivity contribution in [2.24, 2.45) is 5.92 Å². The van der Waals surface area contributed by atoms with Gasteiger partial charge in [-0.05, 0) is 24.5 Å². The number of imidazole rings is 1. The number of pyridine rings is 1. The molecule has 22 heavy (non-hydrogen) atoms. The van der Waals surface area contributed by atoms with E-state index in [0.29, 0.717) is 17.8 Å². The van der Waals surface area contributed by atoms with Gasteiger partial charge in [-0.25, -0.2) is 14.8 Å². The molecule has 0 bridgehead atoms. The van der Waals surface area contributed by atoms with E-state index in [1.165, 1.54) is 6.20 Å². The first-order valence-electron chi connectivity index (χ1n) is 6.95. The van der Waals surface area contributed by atoms with Crippen molar-refractivity contribution >= 4 is 11.9 Å². The Kier molecular flexibility index (Phi) is 4.88. The molecule has 0 fully saturated rings. The number of carboxylic acid groups (broad SMARTS) is 1. The smallest absolute Gasteiger partial charge is 0.326 e. The van der Waals surface area contributed by atoms with E-state index < -0.39 is 17.9 Å². The van der Waals surface area contributed by atoms with Crippen LogP contribution in [-0.4, -0.2) is 37.6 Å². The average Bonchev–Trinajstić information content (AvgIpc) is 3.00. The van der Waals surface area contributed by atoms with Crippen molar-refractivity contribution in [3.05, 3.63) is 42.6 Å². The molecule has 116 valence electrons. The van der Waals surface area contributed by atoms with Crippen LogP contribution in [0, 0.1) is 5.92 Å². The van der Waals surface area contributed by atoms with E-state index in [0.717, 1.165) is 0 Å². The molecular formula is C15H18N4O3. The predicted molar refractivity (Wildman–Crippen MR) is 79.7 cm³/mol. The van der Waals surface area contributed by atoms with Gasteiger partial charge in [0.05, 0.1) is 0 Å². The number of amides is 1. The van der Waals surface area contributed by atoms with Crippen LogP contribution in [0.5, 0.6) is 0 Å². The van der Waals surface area contributed by atoms with E-state index in [1.54, 1.807) is 35.4 Å². The molecule has 0 aromatic carbocycles. The van der Waals surface area contributed by atoms with Crippen molar-refractivity contribution in [1.82, 2.24) is 19.9 Å². The van der Waals surface area contributed by atoms with E-state index in [4.69, 9.17) is 0 Å². The molecule has 0 spiro atoms. The SMILES string of the molecule is CC(C)CC(NC(=O)c1ccnc(-n2ccnc2)c1)C(=O)O. The fourth-order valence-corrected chi connectivity index (χ4v) is 2.03. The molecule has 7 heteroatoms. The maximum absolute atomic E-state index is 12.2. The molecule has 1 atom stereocenters. The van der Waals surface area contributed by atoms with Gasteiger partial charge in [0.2, 0.25) is 0 Å². The standard InChI is InChI=1S/C15H18N4O3/c1-10(2)7-12(15(21)22)18-14(20)11-3-4-17-13(8-11)19-6-5-16-9-19/h3-6,8-10,12H,7H2,1-2H3,(H,18,20)(H,21,22). The fraction of sp³-hybridized carbons (Fsp3) is 0.333. The first kappa shape index (κ1) is 15.7. The highest BCUT2D eigenvalue weighted by Gasteiger charge is 2.21. The molecule has 0 aliphatic carbocycles. The monoisotopic (exact) mass is 302 g/mol. The van der Waals surface area contributed by atoms with Crippen LogP contribution < -0.4 is 5.32 Å². The highest BCUT2D eigenvalue weighted by molar-refractivity contribution is 5.96. The summed E-state index contributed by atoms with van der Waals surface area (Å²) in [6.45, 7) is 3.82. The molecule has 7 nitrogen and oxygen atoms in total. The maximum atomic E-state index is 12.2. The van der Waals surface area contributed by atoms with Gasteiger partial charge in [0.15, 0.2) is 0 Å². The summed E-state index contributed by atoms with van der Waals surface area (Å²) in [6.07, 6.45) is 6.77. The zero-order chi connectivity index (χ0) is 16.1. The van der Waals surface area contributed by atoms with E-state index >= 15 is 0 Å². The third-order valence-electron chi connectivity index (χ3n) is 3.09. The Hall–Kier alpha value is -2.70. The molecule has 1 unspecified atom stereocenters. The minimum Gasteiger partial charge on any atom is -0.480 e. The summed E-state index contributed by atoms with van der Waals surface area (Å²) in [5, 5.41) is 11.7. The second-order valence-electron chi connectivity index (χ2n) is 5.37. The number of hydrogen-bond acceptors (Lipinski definition) is 4. The summed E-state index contributed by atoms with van der Waals surface area (Å²) >= 11 is 0. The lowest BCUT2D eigenvalue weighted by atomic mass is 10.0. The van der Waals surface area contributed by atoms with E-state index in [1.807, 2.05) is 13.8 Å². The van der Waals surface area contributed by atoms with Crippen molar-refractivity contribution in [2.45, 2.75) is 26.3 Å². The molecule has 2 rings (SSSR count). The average molecular weight is 302 g/mol. The number of carbonyl (C=O) groups excluding carboxylic acids is 1. The van der Waals surface area contributed by atoms with Gasteiger partial charge < -0.3 is 10.4 Å². The summed E-state index contributed by atoms with van der Waals surface area (Å²) in [7, 11) is 0. The molecule has 2 aromatic rings. The van der Waals surface area contributed by atoms with Crippen LogP contribution in [0.2, 0.25) is 0 Å². The highest BCUT2D eigenvalue weighted by Crippen LogP contribution is 2.09. The fourth-order valence-electron chi connectivity index (χ4n) is 2.03. The van der Waals surface area contributed by atoms with Gasteiger partial charge in [-0.15, -0.1) is 0 Å². The van der Waals surface area contributed by atoms with Crippen LogP contribution in [0.15, 0.2) is 37.1 Å². The van der Waals surface area contributed by atoms with Crippen LogP contribution in [0.3, 0.4) is 0 Å². The summed E-state index contributed by atoms with van der Waals surface area (Å²) < 4.78 is 1.67. The molecule has 0 saturated carbocycles. The number of nitrogens with zero attached hydrogens (tertiary/aromatic N) is 3. The third-order valence-corrected chi connectivity index (χ3v) is 3.09. The third kappa shape index (κ3) is 3.91. The number of carbonyl (C=O) groups is 2. The molecule has 2 heterocycles. The van der Waals surface area contributed by atoms with Crippen molar-refractivity contribution in [3.8, 4) is 5.82 Å². The number of rotatable bonds is 6. The van der Waals surface area contributed by atoms with Crippen LogP contribution in [0.25, 0.3) is 5.82 Å². The lowest BCUT2D eigenvalue weighted by Crippen LogP contribution is -2.41. The van der Waals surface area contributed by atoms with Crippen LogP contribution in [-0.2, 0) is 4.79 Å². The quantitative estimate of drug-likeness (QED) is 0.842. The Balaban J connectivity index is 2.15. The Morgan fingerprint density at radius 3 is 2.73 bits per heavy atom.